The van der Waals surface area contributed by atoms with Crippen molar-refractivity contribution in [3.63, 3.8) is 0 Å². The van der Waals surface area contributed by atoms with Gasteiger partial charge in [0.25, 0.3) is 9.05 Å². The van der Waals surface area contributed by atoms with Gasteiger partial charge in [0.2, 0.25) is 0 Å². The lowest BCUT2D eigenvalue weighted by molar-refractivity contribution is -0.145. The highest BCUT2D eigenvalue weighted by Gasteiger charge is 2.12. The second kappa shape index (κ2) is 4.84. The predicted octanol–water partition coefficient (Wildman–Crippen LogP) is 2.24. The second-order valence-electron chi connectivity index (χ2n) is 3.26. The van der Waals surface area contributed by atoms with Crippen LogP contribution in [0.3, 0.4) is 0 Å². The lowest BCUT2D eigenvalue weighted by Gasteiger charge is -2.11. The summed E-state index contributed by atoms with van der Waals surface area (Å²) >= 11 is 0. The van der Waals surface area contributed by atoms with Crippen molar-refractivity contribution in [1.29, 1.82) is 0 Å². The first-order chi connectivity index (χ1) is 7.30. The van der Waals surface area contributed by atoms with Crippen LogP contribution in [-0.2, 0) is 18.6 Å². The van der Waals surface area contributed by atoms with Gasteiger partial charge < -0.3 is 4.74 Å². The summed E-state index contributed by atoms with van der Waals surface area (Å²) in [6.45, 7) is 3.01. The average Bonchev–Trinajstić information content (AvgIpc) is 2.15. The zero-order chi connectivity index (χ0) is 12.3. The van der Waals surface area contributed by atoms with Gasteiger partial charge in [-0.15, -0.1) is 0 Å². The highest BCUT2D eigenvalue weighted by molar-refractivity contribution is 8.13. The first kappa shape index (κ1) is 13.0. The summed E-state index contributed by atoms with van der Waals surface area (Å²) in [6, 6.07) is 5.86. The molecule has 0 aliphatic heterocycles. The predicted molar refractivity (Wildman–Crippen MR) is 59.7 cm³/mol. The summed E-state index contributed by atoms with van der Waals surface area (Å²) in [6.07, 6.45) is -0.412. The zero-order valence-corrected chi connectivity index (χ0v) is 10.4. The minimum atomic E-state index is -3.70. The number of rotatable bonds is 3. The molecule has 0 bridgehead atoms. The highest BCUT2D eigenvalue weighted by Crippen LogP contribution is 2.21. The first-order valence-corrected chi connectivity index (χ1v) is 6.83. The van der Waals surface area contributed by atoms with Crippen molar-refractivity contribution in [2.75, 3.05) is 0 Å². The molecular weight excluding hydrogens is 252 g/mol. The SMILES string of the molecule is CC(=O)OC(C)c1ccc(S(=O)(=O)Cl)cc1. The molecule has 0 saturated carbocycles. The highest BCUT2D eigenvalue weighted by atomic mass is 35.7. The van der Waals surface area contributed by atoms with Crippen LogP contribution in [0.5, 0.6) is 0 Å². The van der Waals surface area contributed by atoms with E-state index in [0.717, 1.165) is 0 Å². The van der Waals surface area contributed by atoms with Crippen LogP contribution in [0.1, 0.15) is 25.5 Å². The minimum Gasteiger partial charge on any atom is -0.458 e. The summed E-state index contributed by atoms with van der Waals surface area (Å²) in [5, 5.41) is 0. The molecule has 0 radical (unpaired) electrons. The number of carbonyl (C=O) groups is 1. The van der Waals surface area contributed by atoms with E-state index in [1.165, 1.54) is 19.1 Å². The minimum absolute atomic E-state index is 0.0212. The van der Waals surface area contributed by atoms with Crippen molar-refractivity contribution in [2.24, 2.45) is 0 Å². The standard InChI is InChI=1S/C10H11ClO4S/c1-7(15-8(2)12)9-3-5-10(6-4-9)16(11,13)14/h3-7H,1-2H3. The van der Waals surface area contributed by atoms with Crippen molar-refractivity contribution in [1.82, 2.24) is 0 Å². The van der Waals surface area contributed by atoms with E-state index in [-0.39, 0.29) is 10.9 Å². The Labute approximate surface area is 98.6 Å². The number of benzene rings is 1. The third-order valence-corrected chi connectivity index (χ3v) is 3.34. The van der Waals surface area contributed by atoms with Crippen LogP contribution in [0.25, 0.3) is 0 Å². The summed E-state index contributed by atoms with van der Waals surface area (Å²) < 4.78 is 26.9. The topological polar surface area (TPSA) is 60.4 Å². The molecule has 0 aromatic heterocycles. The molecule has 0 amide bonds. The third kappa shape index (κ3) is 3.50. The molecule has 1 aromatic rings. The quantitative estimate of drug-likeness (QED) is 0.619. The van der Waals surface area contributed by atoms with Crippen molar-refractivity contribution in [3.05, 3.63) is 29.8 Å². The molecule has 1 rings (SSSR count). The Morgan fingerprint density at radius 3 is 2.19 bits per heavy atom. The van der Waals surface area contributed by atoms with Gasteiger partial charge in [-0.2, -0.15) is 0 Å². The summed E-state index contributed by atoms with van der Waals surface area (Å²) in [7, 11) is 1.46. The first-order valence-electron chi connectivity index (χ1n) is 4.52. The average molecular weight is 263 g/mol. The second-order valence-corrected chi connectivity index (χ2v) is 5.82. The van der Waals surface area contributed by atoms with Crippen LogP contribution in [0, 0.1) is 0 Å². The maximum absolute atomic E-state index is 11.0. The van der Waals surface area contributed by atoms with E-state index in [4.69, 9.17) is 15.4 Å². The summed E-state index contributed by atoms with van der Waals surface area (Å²) in [4.78, 5) is 10.7. The van der Waals surface area contributed by atoms with E-state index in [2.05, 4.69) is 0 Å². The lowest BCUT2D eigenvalue weighted by atomic mass is 10.1. The molecule has 0 heterocycles. The van der Waals surface area contributed by atoms with Gasteiger partial charge >= 0.3 is 5.97 Å². The number of hydrogen-bond acceptors (Lipinski definition) is 4. The van der Waals surface area contributed by atoms with Gasteiger partial charge in [0.1, 0.15) is 6.10 Å². The van der Waals surface area contributed by atoms with Crippen molar-refractivity contribution in [3.8, 4) is 0 Å². The van der Waals surface area contributed by atoms with Crippen molar-refractivity contribution >= 4 is 25.7 Å². The van der Waals surface area contributed by atoms with E-state index >= 15 is 0 Å². The number of ether oxygens (including phenoxy) is 1. The molecule has 0 aliphatic rings. The molecule has 16 heavy (non-hydrogen) atoms. The Bertz CT molecular complexity index is 478. The van der Waals surface area contributed by atoms with Gasteiger partial charge in [-0.3, -0.25) is 4.79 Å². The van der Waals surface area contributed by atoms with Gasteiger partial charge in [0.05, 0.1) is 4.90 Å². The number of carbonyl (C=O) groups excluding carboxylic acids is 1. The Morgan fingerprint density at radius 1 is 1.31 bits per heavy atom. The van der Waals surface area contributed by atoms with Crippen LogP contribution in [0.15, 0.2) is 29.2 Å². The van der Waals surface area contributed by atoms with E-state index in [9.17, 15) is 13.2 Å². The van der Waals surface area contributed by atoms with Crippen LogP contribution in [-0.4, -0.2) is 14.4 Å². The maximum atomic E-state index is 11.0. The van der Waals surface area contributed by atoms with Gasteiger partial charge in [0, 0.05) is 17.6 Å². The van der Waals surface area contributed by atoms with Gasteiger partial charge in [-0.25, -0.2) is 8.42 Å². The number of hydrogen-bond donors (Lipinski definition) is 0. The Morgan fingerprint density at radius 2 is 1.81 bits per heavy atom. The largest absolute Gasteiger partial charge is 0.458 e. The van der Waals surface area contributed by atoms with Gasteiger partial charge in [0.15, 0.2) is 0 Å². The van der Waals surface area contributed by atoms with Crippen molar-refractivity contribution < 1.29 is 17.9 Å². The van der Waals surface area contributed by atoms with E-state index in [0.29, 0.717) is 5.56 Å². The fourth-order valence-electron chi connectivity index (χ4n) is 1.22. The monoisotopic (exact) mass is 262 g/mol. The van der Waals surface area contributed by atoms with E-state index in [1.807, 2.05) is 0 Å². The Hall–Kier alpha value is -1.07. The molecule has 0 spiro atoms. The van der Waals surface area contributed by atoms with E-state index in [1.54, 1.807) is 19.1 Å². The summed E-state index contributed by atoms with van der Waals surface area (Å²) in [5.74, 6) is -0.387. The van der Waals surface area contributed by atoms with Crippen LogP contribution in [0.2, 0.25) is 0 Å². The molecule has 1 unspecified atom stereocenters. The van der Waals surface area contributed by atoms with Gasteiger partial charge in [-0.05, 0) is 24.6 Å². The maximum Gasteiger partial charge on any atom is 0.303 e. The van der Waals surface area contributed by atoms with Crippen LogP contribution < -0.4 is 0 Å². The molecule has 4 nitrogen and oxygen atoms in total. The van der Waals surface area contributed by atoms with Gasteiger partial charge in [-0.1, -0.05) is 12.1 Å². The Kier molecular flexibility index (Phi) is 3.93. The zero-order valence-electron chi connectivity index (χ0n) is 8.81. The molecular formula is C10H11ClO4S. The number of halogens is 1. The van der Waals surface area contributed by atoms with Crippen LogP contribution in [0.4, 0.5) is 0 Å². The van der Waals surface area contributed by atoms with E-state index < -0.39 is 15.2 Å². The smallest absolute Gasteiger partial charge is 0.303 e. The molecule has 1 aromatic carbocycles. The molecule has 0 fully saturated rings. The number of esters is 1. The fraction of sp³-hybridized carbons (Fsp3) is 0.300. The Balaban J connectivity index is 2.91. The molecule has 6 heteroatoms. The lowest BCUT2D eigenvalue weighted by Crippen LogP contribution is -2.04. The molecule has 88 valence electrons. The molecule has 1 atom stereocenters. The van der Waals surface area contributed by atoms with Crippen molar-refractivity contribution in [2.45, 2.75) is 24.8 Å². The molecule has 0 saturated heterocycles. The fourth-order valence-corrected chi connectivity index (χ4v) is 1.99. The van der Waals surface area contributed by atoms with Crippen LogP contribution >= 0.6 is 10.7 Å². The normalized spacial score (nSPS) is 13.2. The molecule has 0 N–H and O–H groups in total. The molecule has 0 aliphatic carbocycles. The third-order valence-electron chi connectivity index (χ3n) is 1.97. The summed E-state index contributed by atoms with van der Waals surface area (Å²) in [5.41, 5.74) is 0.708.